The molecule has 2 saturated heterocycles. The van der Waals surface area contributed by atoms with Crippen molar-refractivity contribution in [3.8, 4) is 29.6 Å². The van der Waals surface area contributed by atoms with Crippen molar-refractivity contribution < 1.29 is 9.53 Å². The number of nitrogens with zero attached hydrogens (tertiary/aromatic N) is 5. The number of carbonyl (C=O) groups is 1. The largest absolute Gasteiger partial charge is 0.457 e. The molecule has 7 nitrogen and oxygen atoms in total. The van der Waals surface area contributed by atoms with E-state index in [1.807, 2.05) is 23.1 Å². The zero-order chi connectivity index (χ0) is 29.7. The second kappa shape index (κ2) is 13.5. The second-order valence-corrected chi connectivity index (χ2v) is 11.2. The van der Waals surface area contributed by atoms with Gasteiger partial charge in [-0.05, 0) is 48.2 Å². The van der Waals surface area contributed by atoms with Crippen LogP contribution in [0.1, 0.15) is 51.8 Å². The number of fused-ring (bicyclic) bond motifs is 1. The SMILES string of the molecule is C.C#CC.C=CC(=O)N1CC2(CCN(c3nc(OCc4ccccn4)nc(-c4cccc5ccccc45)c3C(C)C)C2)C1. The first-order chi connectivity index (χ1) is 20.4. The summed E-state index contributed by atoms with van der Waals surface area (Å²) in [6.45, 7) is 13.2. The Labute approximate surface area is 255 Å². The van der Waals surface area contributed by atoms with E-state index in [4.69, 9.17) is 14.7 Å². The molecule has 0 bridgehead atoms. The van der Waals surface area contributed by atoms with E-state index >= 15 is 0 Å². The van der Waals surface area contributed by atoms with Gasteiger partial charge in [-0.1, -0.05) is 76.4 Å². The molecule has 2 aliphatic heterocycles. The fourth-order valence-corrected chi connectivity index (χ4v) is 5.96. The van der Waals surface area contributed by atoms with Gasteiger partial charge >= 0.3 is 6.01 Å². The first-order valence-electron chi connectivity index (χ1n) is 14.3. The quantitative estimate of drug-likeness (QED) is 0.176. The molecular formula is C36H41N5O2. The molecule has 0 unspecified atom stereocenters. The van der Waals surface area contributed by atoms with Gasteiger partial charge < -0.3 is 14.5 Å². The smallest absolute Gasteiger partial charge is 0.319 e. The minimum Gasteiger partial charge on any atom is -0.457 e. The molecule has 43 heavy (non-hydrogen) atoms. The molecule has 4 heterocycles. The van der Waals surface area contributed by atoms with E-state index in [-0.39, 0.29) is 24.7 Å². The lowest BCUT2D eigenvalue weighted by molar-refractivity contribution is -0.136. The third kappa shape index (κ3) is 6.54. The van der Waals surface area contributed by atoms with Gasteiger partial charge in [-0.25, -0.2) is 0 Å². The summed E-state index contributed by atoms with van der Waals surface area (Å²) in [5.41, 5.74) is 4.01. The lowest BCUT2D eigenvalue weighted by Crippen LogP contribution is -2.59. The summed E-state index contributed by atoms with van der Waals surface area (Å²) in [5, 5.41) is 2.32. The number of rotatable bonds is 7. The highest BCUT2D eigenvalue weighted by Gasteiger charge is 2.49. The van der Waals surface area contributed by atoms with Crippen LogP contribution in [0.3, 0.4) is 0 Å². The number of hydrogen-bond acceptors (Lipinski definition) is 6. The van der Waals surface area contributed by atoms with Gasteiger partial charge in [0.05, 0.1) is 11.4 Å². The molecule has 6 rings (SSSR count). The van der Waals surface area contributed by atoms with Gasteiger partial charge in [0.25, 0.3) is 0 Å². The molecular weight excluding hydrogens is 534 g/mol. The fraction of sp³-hybridized carbons (Fsp3) is 0.333. The predicted octanol–water partition coefficient (Wildman–Crippen LogP) is 6.89. The zero-order valence-corrected chi connectivity index (χ0v) is 24.6. The number of anilines is 1. The number of pyridine rings is 1. The van der Waals surface area contributed by atoms with Crippen LogP contribution in [0.15, 0.2) is 79.5 Å². The number of ether oxygens (including phenoxy) is 1. The molecule has 1 spiro atoms. The van der Waals surface area contributed by atoms with E-state index in [1.54, 1.807) is 13.1 Å². The number of terminal acetylenes is 1. The van der Waals surface area contributed by atoms with Gasteiger partial charge in [0.15, 0.2) is 0 Å². The Hall–Kier alpha value is -4.70. The molecule has 0 radical (unpaired) electrons. The Kier molecular flexibility index (Phi) is 9.82. The van der Waals surface area contributed by atoms with Crippen molar-refractivity contribution in [3.63, 3.8) is 0 Å². The lowest BCUT2D eigenvalue weighted by atomic mass is 9.79. The number of hydrogen-bond donors (Lipinski definition) is 0. The molecule has 222 valence electrons. The highest BCUT2D eigenvalue weighted by atomic mass is 16.5. The van der Waals surface area contributed by atoms with Crippen molar-refractivity contribution in [2.24, 2.45) is 5.41 Å². The Morgan fingerprint density at radius 1 is 1.09 bits per heavy atom. The van der Waals surface area contributed by atoms with Gasteiger partial charge in [-0.2, -0.15) is 9.97 Å². The summed E-state index contributed by atoms with van der Waals surface area (Å²) in [4.78, 5) is 30.8. The molecule has 4 aromatic rings. The van der Waals surface area contributed by atoms with Gasteiger partial charge in [-0.15, -0.1) is 12.3 Å². The first kappa shape index (κ1) is 31.2. The first-order valence-corrected chi connectivity index (χ1v) is 14.3. The van der Waals surface area contributed by atoms with Crippen molar-refractivity contribution in [1.82, 2.24) is 19.9 Å². The molecule has 2 fully saturated rings. The molecule has 7 heteroatoms. The van der Waals surface area contributed by atoms with Crippen LogP contribution in [0.2, 0.25) is 0 Å². The van der Waals surface area contributed by atoms with Gasteiger partial charge in [0.2, 0.25) is 5.91 Å². The number of likely N-dealkylation sites (tertiary alicyclic amines) is 1. The summed E-state index contributed by atoms with van der Waals surface area (Å²) in [6.07, 6.45) is 8.78. The Bertz CT molecular complexity index is 1620. The second-order valence-electron chi connectivity index (χ2n) is 11.2. The maximum absolute atomic E-state index is 12.1. The van der Waals surface area contributed by atoms with Crippen LogP contribution in [0.4, 0.5) is 5.82 Å². The van der Waals surface area contributed by atoms with Crippen LogP contribution in [-0.4, -0.2) is 51.9 Å². The topological polar surface area (TPSA) is 71.5 Å². The Morgan fingerprint density at radius 2 is 1.81 bits per heavy atom. The van der Waals surface area contributed by atoms with Crippen molar-refractivity contribution in [2.45, 2.75) is 47.1 Å². The van der Waals surface area contributed by atoms with Crippen LogP contribution >= 0.6 is 0 Å². The summed E-state index contributed by atoms with van der Waals surface area (Å²) < 4.78 is 6.18. The average molecular weight is 576 g/mol. The maximum atomic E-state index is 12.1. The average Bonchev–Trinajstić information content (AvgIpc) is 3.45. The highest BCUT2D eigenvalue weighted by molar-refractivity contribution is 5.97. The normalized spacial score (nSPS) is 14.8. The third-order valence-corrected chi connectivity index (χ3v) is 7.88. The standard InChI is InChI=1S/C32H33N5O2.C3H4.CH4/c1-4-27(38)37-20-32(21-37)15-17-36(19-32)30-28(22(2)3)29(26-14-9-11-23-10-5-6-13-25(23)26)34-31(35-30)39-18-24-12-7-8-16-33-24;1-3-2;/h4-14,16,22H,1,15,17-21H2,2-3H3;1H,2H3;1H4. The maximum Gasteiger partial charge on any atom is 0.319 e. The number of benzene rings is 2. The molecule has 0 aliphatic carbocycles. The summed E-state index contributed by atoms with van der Waals surface area (Å²) in [6, 6.07) is 20.9. The summed E-state index contributed by atoms with van der Waals surface area (Å²) in [5.74, 6) is 3.37. The van der Waals surface area contributed by atoms with Crippen molar-refractivity contribution in [1.29, 1.82) is 0 Å². The van der Waals surface area contributed by atoms with Gasteiger partial charge in [-0.3, -0.25) is 9.78 Å². The predicted molar refractivity (Wildman–Crippen MR) is 175 cm³/mol. The Balaban J connectivity index is 0.00000102. The van der Waals surface area contributed by atoms with E-state index in [1.165, 1.54) is 11.5 Å². The lowest BCUT2D eigenvalue weighted by Gasteiger charge is -2.47. The molecule has 2 aromatic heterocycles. The minimum absolute atomic E-state index is 0. The number of carbonyl (C=O) groups excluding carboxylic acids is 1. The molecule has 0 saturated carbocycles. The van der Waals surface area contributed by atoms with Crippen LogP contribution in [0.25, 0.3) is 22.0 Å². The zero-order valence-electron chi connectivity index (χ0n) is 24.6. The fourth-order valence-electron chi connectivity index (χ4n) is 5.96. The monoisotopic (exact) mass is 575 g/mol. The molecule has 0 atom stereocenters. The third-order valence-electron chi connectivity index (χ3n) is 7.88. The number of aromatic nitrogens is 3. The minimum atomic E-state index is 0. The van der Waals surface area contributed by atoms with E-state index in [0.717, 1.165) is 66.3 Å². The summed E-state index contributed by atoms with van der Waals surface area (Å²) in [7, 11) is 0. The van der Waals surface area contributed by atoms with E-state index in [2.05, 4.69) is 85.1 Å². The highest BCUT2D eigenvalue weighted by Crippen LogP contribution is 2.45. The number of amides is 1. The van der Waals surface area contributed by atoms with Gasteiger partial charge in [0, 0.05) is 48.9 Å². The molecule has 2 aliphatic rings. The van der Waals surface area contributed by atoms with E-state index in [0.29, 0.717) is 12.6 Å². The van der Waals surface area contributed by atoms with E-state index < -0.39 is 0 Å². The Morgan fingerprint density at radius 3 is 2.51 bits per heavy atom. The van der Waals surface area contributed by atoms with Crippen molar-refractivity contribution >= 4 is 22.5 Å². The van der Waals surface area contributed by atoms with Crippen LogP contribution in [-0.2, 0) is 11.4 Å². The van der Waals surface area contributed by atoms with Crippen LogP contribution in [0.5, 0.6) is 6.01 Å². The molecule has 1 amide bonds. The van der Waals surface area contributed by atoms with Crippen LogP contribution < -0.4 is 9.64 Å². The van der Waals surface area contributed by atoms with Crippen LogP contribution in [0, 0.1) is 17.8 Å². The van der Waals surface area contributed by atoms with Crippen molar-refractivity contribution in [2.75, 3.05) is 31.1 Å². The summed E-state index contributed by atoms with van der Waals surface area (Å²) >= 11 is 0. The molecule has 2 aromatic carbocycles. The van der Waals surface area contributed by atoms with E-state index in [9.17, 15) is 4.79 Å². The van der Waals surface area contributed by atoms with Gasteiger partial charge in [0.1, 0.15) is 12.4 Å². The molecule has 0 N–H and O–H groups in total. The van der Waals surface area contributed by atoms with Crippen molar-refractivity contribution in [3.05, 3.63) is 90.8 Å².